The van der Waals surface area contributed by atoms with Crippen molar-refractivity contribution in [2.45, 2.75) is 128 Å². The lowest BCUT2D eigenvalue weighted by molar-refractivity contribution is -0.343. The van der Waals surface area contributed by atoms with Gasteiger partial charge in [0.1, 0.15) is 23.9 Å². The average Bonchev–Trinajstić information content (AvgIpc) is 3.18. The van der Waals surface area contributed by atoms with Crippen LogP contribution in [0.4, 0.5) is 0 Å². The molecule has 2 saturated carbocycles. The second-order valence-corrected chi connectivity index (χ2v) is 16.8. The molecule has 10 atom stereocenters. The fraction of sp³-hybridized carbons (Fsp3) is 0.545. The van der Waals surface area contributed by atoms with Gasteiger partial charge in [-0.25, -0.2) is 9.59 Å². The Bertz CT molecular complexity index is 1980. The maximum absolute atomic E-state index is 14.9. The summed E-state index contributed by atoms with van der Waals surface area (Å²) in [5.74, 6) is -7.04. The Kier molecular flexibility index (Phi) is 11.9. The van der Waals surface area contributed by atoms with Gasteiger partial charge in [0, 0.05) is 37.2 Å². The zero-order chi connectivity index (χ0) is 42.4. The number of benzene rings is 2. The lowest BCUT2D eigenvalue weighted by Crippen LogP contribution is -2.81. The van der Waals surface area contributed by atoms with Crippen LogP contribution in [0.5, 0.6) is 0 Å². The number of ketones is 2. The minimum Gasteiger partial charge on any atom is -0.456 e. The molecule has 3 fully saturated rings. The summed E-state index contributed by atoms with van der Waals surface area (Å²) in [6.07, 6.45) is -6.17. The van der Waals surface area contributed by atoms with E-state index in [1.807, 2.05) is 6.92 Å². The van der Waals surface area contributed by atoms with Crippen LogP contribution in [0.25, 0.3) is 0 Å². The van der Waals surface area contributed by atoms with E-state index in [1.54, 1.807) is 48.5 Å². The van der Waals surface area contributed by atoms with Gasteiger partial charge in [-0.3, -0.25) is 19.2 Å². The molecule has 6 rings (SSSR count). The number of amides is 1. The maximum atomic E-state index is 14.9. The summed E-state index contributed by atoms with van der Waals surface area (Å²) >= 11 is 0. The van der Waals surface area contributed by atoms with Gasteiger partial charge in [-0.2, -0.15) is 0 Å². The van der Waals surface area contributed by atoms with Crippen molar-refractivity contribution in [3.8, 4) is 0 Å². The van der Waals surface area contributed by atoms with Gasteiger partial charge in [0.25, 0.3) is 0 Å². The van der Waals surface area contributed by atoms with Crippen molar-refractivity contribution in [3.63, 3.8) is 0 Å². The van der Waals surface area contributed by atoms with Crippen molar-refractivity contribution >= 4 is 35.4 Å². The molecule has 0 aromatic heterocycles. The molecule has 1 saturated heterocycles. The first-order valence-electron chi connectivity index (χ1n) is 19.9. The van der Waals surface area contributed by atoms with E-state index in [4.69, 9.17) is 18.9 Å². The van der Waals surface area contributed by atoms with E-state index in [1.165, 1.54) is 39.8 Å². The van der Waals surface area contributed by atoms with Gasteiger partial charge in [0.2, 0.25) is 17.5 Å². The first-order chi connectivity index (χ1) is 27.3. The molecule has 2 bridgehead atoms. The van der Waals surface area contributed by atoms with Crippen LogP contribution in [0.15, 0.2) is 71.8 Å². The Morgan fingerprint density at radius 1 is 0.966 bits per heavy atom. The summed E-state index contributed by atoms with van der Waals surface area (Å²) in [4.78, 5) is 83.6. The molecule has 0 spiro atoms. The summed E-state index contributed by atoms with van der Waals surface area (Å²) in [7, 11) is 0. The summed E-state index contributed by atoms with van der Waals surface area (Å²) in [6, 6.07) is 15.0. The number of esters is 3. The van der Waals surface area contributed by atoms with E-state index in [9.17, 15) is 44.1 Å². The quantitative estimate of drug-likeness (QED) is 0.105. The molecule has 1 aliphatic heterocycles. The minimum atomic E-state index is -2.39. The number of rotatable bonds is 12. The van der Waals surface area contributed by atoms with Crippen molar-refractivity contribution in [2.24, 2.45) is 16.7 Å². The van der Waals surface area contributed by atoms with Crippen molar-refractivity contribution in [3.05, 3.63) is 82.9 Å². The van der Waals surface area contributed by atoms with Gasteiger partial charge in [-0.15, -0.1) is 0 Å². The van der Waals surface area contributed by atoms with Gasteiger partial charge in [-0.05, 0) is 43.5 Å². The third-order valence-corrected chi connectivity index (χ3v) is 13.0. The Balaban J connectivity index is 1.47. The Labute approximate surface area is 337 Å². The van der Waals surface area contributed by atoms with Crippen molar-refractivity contribution < 1.29 is 63.0 Å². The van der Waals surface area contributed by atoms with Gasteiger partial charge in [-0.1, -0.05) is 82.1 Å². The van der Waals surface area contributed by atoms with Gasteiger partial charge in [0.05, 0.1) is 35.6 Å². The molecule has 2 aromatic carbocycles. The zero-order valence-corrected chi connectivity index (χ0v) is 33.7. The van der Waals surface area contributed by atoms with E-state index in [-0.39, 0.29) is 36.2 Å². The highest BCUT2D eigenvalue weighted by atomic mass is 16.6. The number of hydrogen-bond acceptors (Lipinski definition) is 13. The third-order valence-electron chi connectivity index (χ3n) is 13.0. The molecule has 1 amide bonds. The smallest absolute Gasteiger partial charge is 0.338 e. The molecule has 3 aliphatic carbocycles. The highest BCUT2D eigenvalue weighted by Crippen LogP contribution is 2.63. The molecule has 4 aliphatic rings. The summed E-state index contributed by atoms with van der Waals surface area (Å²) < 4.78 is 24.1. The Hall–Kier alpha value is -4.76. The highest BCUT2D eigenvalue weighted by molar-refractivity contribution is 6.46. The molecule has 14 heteroatoms. The van der Waals surface area contributed by atoms with Gasteiger partial charge >= 0.3 is 17.9 Å². The predicted octanol–water partition coefficient (Wildman–Crippen LogP) is 3.64. The van der Waals surface area contributed by atoms with Crippen LogP contribution in [-0.4, -0.2) is 99.0 Å². The third kappa shape index (κ3) is 7.07. The van der Waals surface area contributed by atoms with Gasteiger partial charge in [0.15, 0.2) is 11.7 Å². The number of fused-ring (bicyclic) bond motifs is 5. The monoisotopic (exact) mass is 803 g/mol. The number of carbonyl (C=O) groups is 6. The number of nitrogens with one attached hydrogen (secondary N) is 1. The maximum Gasteiger partial charge on any atom is 0.338 e. The van der Waals surface area contributed by atoms with Crippen molar-refractivity contribution in [1.29, 1.82) is 0 Å². The Morgan fingerprint density at radius 3 is 2.19 bits per heavy atom. The lowest BCUT2D eigenvalue weighted by atomic mass is 9.45. The number of aliphatic hydroxyl groups excluding tert-OH is 2. The molecule has 58 heavy (non-hydrogen) atoms. The van der Waals surface area contributed by atoms with Crippen LogP contribution in [0.1, 0.15) is 102 Å². The van der Waals surface area contributed by atoms with Gasteiger partial charge < -0.3 is 39.6 Å². The van der Waals surface area contributed by atoms with E-state index in [0.717, 1.165) is 19.8 Å². The molecular weight excluding hydrogens is 750 g/mol. The summed E-state index contributed by atoms with van der Waals surface area (Å²) in [5.41, 5.74) is -7.60. The number of hydrogen-bond donors (Lipinski definition) is 4. The summed E-state index contributed by atoms with van der Waals surface area (Å²) in [5, 5.41) is 39.5. The number of carbonyl (C=O) groups excluding carboxylic acids is 6. The zero-order valence-electron chi connectivity index (χ0n) is 33.7. The topological polar surface area (TPSA) is 212 Å². The van der Waals surface area contributed by atoms with Crippen LogP contribution < -0.4 is 5.32 Å². The van der Waals surface area contributed by atoms with Crippen LogP contribution in [0.3, 0.4) is 0 Å². The average molecular weight is 804 g/mol. The molecule has 0 radical (unpaired) electrons. The highest BCUT2D eigenvalue weighted by Gasteiger charge is 2.78. The SMILES string of the molecule is CCCCCC(=O)NC(c1ccccc1)C(O)C(=O)OC1CC2(O)C(OC(=O)c3ccccc3)C3C4(OC(C)=O)COC4CC(O)C3(C)C(=O)C(=O)C(=C1C)C2(C)C. The number of unbranched alkanes of at least 4 members (excludes halogenated alkanes) is 2. The van der Waals surface area contributed by atoms with E-state index < -0.39 is 106 Å². The van der Waals surface area contributed by atoms with E-state index >= 15 is 0 Å². The molecule has 312 valence electrons. The van der Waals surface area contributed by atoms with Crippen molar-refractivity contribution in [1.82, 2.24) is 5.32 Å². The molecule has 4 N–H and O–H groups in total. The second-order valence-electron chi connectivity index (χ2n) is 16.8. The molecular formula is C44H53NO13. The lowest BCUT2D eigenvalue weighted by Gasteiger charge is -2.66. The fourth-order valence-corrected chi connectivity index (χ4v) is 9.69. The molecule has 14 nitrogen and oxygen atoms in total. The Morgan fingerprint density at radius 2 is 1.60 bits per heavy atom. The first-order valence-corrected chi connectivity index (χ1v) is 19.9. The predicted molar refractivity (Wildman–Crippen MR) is 206 cm³/mol. The number of ether oxygens (including phenoxy) is 4. The minimum absolute atomic E-state index is 0.0759. The van der Waals surface area contributed by atoms with Crippen LogP contribution in [-0.2, 0) is 42.9 Å². The first kappa shape index (κ1) is 42.8. The van der Waals surface area contributed by atoms with Crippen LogP contribution >= 0.6 is 0 Å². The number of aliphatic hydroxyl groups is 3. The molecule has 1 heterocycles. The standard InChI is InChI=1S/C44H53NO13/c1-7-8-11-20-31(48)45-33(26-16-12-9-13-17-26)35(50)40(53)56-28-22-44(54)38(57-39(52)27-18-14-10-15-19-27)36-42(6,37(51)34(49)32(24(28)2)41(44,4)5)29(47)21-30-43(36,23-55-30)58-25(3)46/h9-10,12-19,28-30,33,35-36,38,47,50,54H,7-8,11,20-23H2,1-6H3,(H,45,48). The fourth-order valence-electron chi connectivity index (χ4n) is 9.69. The molecule has 2 aromatic rings. The normalized spacial score (nSPS) is 32.2. The largest absolute Gasteiger partial charge is 0.456 e. The van der Waals surface area contributed by atoms with Crippen molar-refractivity contribution in [2.75, 3.05) is 6.61 Å². The second kappa shape index (κ2) is 16.1. The van der Waals surface area contributed by atoms with E-state index in [2.05, 4.69) is 5.32 Å². The summed E-state index contributed by atoms with van der Waals surface area (Å²) in [6.45, 7) is 8.65. The number of Topliss-reactive ketones (excluding diaryl/α,β-unsaturated/α-hetero) is 2. The van der Waals surface area contributed by atoms with Crippen LogP contribution in [0, 0.1) is 16.7 Å². The molecule has 10 unspecified atom stereocenters. The van der Waals surface area contributed by atoms with E-state index in [0.29, 0.717) is 12.0 Å². The van der Waals surface area contributed by atoms with Crippen LogP contribution in [0.2, 0.25) is 0 Å².